The number of hydrogen-bond donors (Lipinski definition) is 1. The SMILES string of the molecule is CCCC1(CCC2CC2)CCCCCN1. The van der Waals surface area contributed by atoms with Crippen molar-refractivity contribution in [1.29, 1.82) is 0 Å². The largest absolute Gasteiger partial charge is 0.311 e. The van der Waals surface area contributed by atoms with Crippen molar-refractivity contribution in [3.8, 4) is 0 Å². The van der Waals surface area contributed by atoms with Gasteiger partial charge in [0.25, 0.3) is 0 Å². The van der Waals surface area contributed by atoms with Gasteiger partial charge >= 0.3 is 0 Å². The van der Waals surface area contributed by atoms with E-state index < -0.39 is 0 Å². The Morgan fingerprint density at radius 1 is 1.13 bits per heavy atom. The maximum Gasteiger partial charge on any atom is 0.0181 e. The molecule has 1 atom stereocenters. The number of nitrogens with one attached hydrogen (secondary N) is 1. The second-order valence-corrected chi connectivity index (χ2v) is 5.75. The van der Waals surface area contributed by atoms with Crippen LogP contribution >= 0.6 is 0 Å². The van der Waals surface area contributed by atoms with Crippen molar-refractivity contribution in [2.24, 2.45) is 5.92 Å². The minimum absolute atomic E-state index is 0.536. The molecule has 1 unspecified atom stereocenters. The van der Waals surface area contributed by atoms with Crippen LogP contribution in [-0.4, -0.2) is 12.1 Å². The van der Waals surface area contributed by atoms with Gasteiger partial charge in [-0.05, 0) is 44.6 Å². The van der Waals surface area contributed by atoms with Crippen LogP contribution < -0.4 is 5.32 Å². The molecule has 2 fully saturated rings. The summed E-state index contributed by atoms with van der Waals surface area (Å²) in [5.41, 5.74) is 0.536. The van der Waals surface area contributed by atoms with Crippen molar-refractivity contribution >= 4 is 0 Å². The zero-order valence-corrected chi connectivity index (χ0v) is 10.4. The van der Waals surface area contributed by atoms with Gasteiger partial charge in [-0.3, -0.25) is 0 Å². The third kappa shape index (κ3) is 3.48. The fourth-order valence-corrected chi connectivity index (χ4v) is 3.12. The van der Waals surface area contributed by atoms with E-state index >= 15 is 0 Å². The molecular formula is C14H27N. The van der Waals surface area contributed by atoms with Gasteiger partial charge in [-0.25, -0.2) is 0 Å². The molecule has 0 aromatic heterocycles. The first-order valence-corrected chi connectivity index (χ1v) is 7.10. The predicted molar refractivity (Wildman–Crippen MR) is 66.1 cm³/mol. The second-order valence-electron chi connectivity index (χ2n) is 5.75. The molecule has 2 aliphatic rings. The smallest absolute Gasteiger partial charge is 0.0181 e. The molecule has 0 bridgehead atoms. The summed E-state index contributed by atoms with van der Waals surface area (Å²) in [6, 6.07) is 0. The lowest BCUT2D eigenvalue weighted by atomic mass is 9.83. The molecule has 1 aliphatic heterocycles. The van der Waals surface area contributed by atoms with Gasteiger partial charge in [-0.2, -0.15) is 0 Å². The van der Waals surface area contributed by atoms with Crippen molar-refractivity contribution in [3.63, 3.8) is 0 Å². The lowest BCUT2D eigenvalue weighted by Crippen LogP contribution is -2.44. The molecule has 88 valence electrons. The van der Waals surface area contributed by atoms with Crippen LogP contribution in [0.3, 0.4) is 0 Å². The minimum atomic E-state index is 0.536. The minimum Gasteiger partial charge on any atom is -0.311 e. The van der Waals surface area contributed by atoms with Crippen LogP contribution in [0, 0.1) is 5.92 Å². The number of hydrogen-bond acceptors (Lipinski definition) is 1. The van der Waals surface area contributed by atoms with Gasteiger partial charge in [0.15, 0.2) is 0 Å². The van der Waals surface area contributed by atoms with Crippen molar-refractivity contribution in [1.82, 2.24) is 5.32 Å². The molecule has 1 heteroatoms. The van der Waals surface area contributed by atoms with Crippen LogP contribution in [0.1, 0.15) is 71.1 Å². The first kappa shape index (κ1) is 11.4. The topological polar surface area (TPSA) is 12.0 Å². The van der Waals surface area contributed by atoms with E-state index in [4.69, 9.17) is 0 Å². The Bertz CT molecular complexity index is 176. The summed E-state index contributed by atoms with van der Waals surface area (Å²) in [4.78, 5) is 0. The summed E-state index contributed by atoms with van der Waals surface area (Å²) in [6.45, 7) is 3.61. The summed E-state index contributed by atoms with van der Waals surface area (Å²) in [7, 11) is 0. The average Bonchev–Trinajstić information content (AvgIpc) is 3.03. The van der Waals surface area contributed by atoms with E-state index in [1.54, 1.807) is 0 Å². The molecule has 15 heavy (non-hydrogen) atoms. The standard InChI is InChI=1S/C14H27N/c1-2-9-14(11-8-13-6-7-13)10-4-3-5-12-15-14/h13,15H,2-12H2,1H3. The van der Waals surface area contributed by atoms with Crippen molar-refractivity contribution in [3.05, 3.63) is 0 Å². The van der Waals surface area contributed by atoms with E-state index in [1.807, 2.05) is 0 Å². The molecule has 2 rings (SSSR count). The quantitative estimate of drug-likeness (QED) is 0.724. The first-order valence-electron chi connectivity index (χ1n) is 7.10. The van der Waals surface area contributed by atoms with E-state index in [2.05, 4.69) is 12.2 Å². The Labute approximate surface area is 95.0 Å². The van der Waals surface area contributed by atoms with Crippen LogP contribution in [0.15, 0.2) is 0 Å². The molecule has 0 aromatic rings. The molecule has 1 N–H and O–H groups in total. The van der Waals surface area contributed by atoms with E-state index in [0.717, 1.165) is 5.92 Å². The van der Waals surface area contributed by atoms with Crippen LogP contribution in [0.2, 0.25) is 0 Å². The fourth-order valence-electron chi connectivity index (χ4n) is 3.12. The van der Waals surface area contributed by atoms with Crippen LogP contribution in [0.5, 0.6) is 0 Å². The Morgan fingerprint density at radius 2 is 2.00 bits per heavy atom. The normalized spacial score (nSPS) is 32.6. The second kappa shape index (κ2) is 5.34. The average molecular weight is 209 g/mol. The zero-order valence-electron chi connectivity index (χ0n) is 10.4. The Balaban J connectivity index is 1.86. The van der Waals surface area contributed by atoms with Gasteiger partial charge in [0.2, 0.25) is 0 Å². The molecule has 1 aliphatic carbocycles. The molecule has 1 heterocycles. The Morgan fingerprint density at radius 3 is 2.73 bits per heavy atom. The predicted octanol–water partition coefficient (Wildman–Crippen LogP) is 3.88. The molecule has 1 saturated heterocycles. The Hall–Kier alpha value is -0.0400. The fraction of sp³-hybridized carbons (Fsp3) is 1.00. The lowest BCUT2D eigenvalue weighted by molar-refractivity contribution is 0.259. The third-order valence-corrected chi connectivity index (χ3v) is 4.29. The molecule has 1 nitrogen and oxygen atoms in total. The van der Waals surface area contributed by atoms with Crippen LogP contribution in [0.25, 0.3) is 0 Å². The van der Waals surface area contributed by atoms with E-state index in [1.165, 1.54) is 70.8 Å². The summed E-state index contributed by atoms with van der Waals surface area (Å²) in [5, 5.41) is 3.88. The summed E-state index contributed by atoms with van der Waals surface area (Å²) in [6.07, 6.45) is 14.5. The van der Waals surface area contributed by atoms with Gasteiger partial charge in [-0.1, -0.05) is 39.0 Å². The summed E-state index contributed by atoms with van der Waals surface area (Å²) < 4.78 is 0. The highest BCUT2D eigenvalue weighted by Gasteiger charge is 2.32. The van der Waals surface area contributed by atoms with Crippen LogP contribution in [0.4, 0.5) is 0 Å². The van der Waals surface area contributed by atoms with Gasteiger partial charge in [0, 0.05) is 5.54 Å². The highest BCUT2D eigenvalue weighted by atomic mass is 15.0. The molecule has 0 radical (unpaired) electrons. The van der Waals surface area contributed by atoms with E-state index in [-0.39, 0.29) is 0 Å². The first-order chi connectivity index (χ1) is 7.35. The zero-order chi connectivity index (χ0) is 10.6. The monoisotopic (exact) mass is 209 g/mol. The summed E-state index contributed by atoms with van der Waals surface area (Å²) >= 11 is 0. The summed E-state index contributed by atoms with van der Waals surface area (Å²) in [5.74, 6) is 1.10. The molecule has 0 amide bonds. The molecular weight excluding hydrogens is 182 g/mol. The van der Waals surface area contributed by atoms with E-state index in [9.17, 15) is 0 Å². The highest BCUT2D eigenvalue weighted by molar-refractivity contribution is 4.91. The van der Waals surface area contributed by atoms with Gasteiger partial charge in [0.1, 0.15) is 0 Å². The van der Waals surface area contributed by atoms with Crippen molar-refractivity contribution in [2.45, 2.75) is 76.7 Å². The third-order valence-electron chi connectivity index (χ3n) is 4.29. The highest BCUT2D eigenvalue weighted by Crippen LogP contribution is 2.38. The molecule has 0 aromatic carbocycles. The maximum absolute atomic E-state index is 3.88. The van der Waals surface area contributed by atoms with Gasteiger partial charge in [0.05, 0.1) is 0 Å². The van der Waals surface area contributed by atoms with Crippen molar-refractivity contribution < 1.29 is 0 Å². The molecule has 1 saturated carbocycles. The van der Waals surface area contributed by atoms with Crippen LogP contribution in [-0.2, 0) is 0 Å². The Kier molecular flexibility index (Phi) is 4.07. The lowest BCUT2D eigenvalue weighted by Gasteiger charge is -2.34. The van der Waals surface area contributed by atoms with Gasteiger partial charge in [-0.15, -0.1) is 0 Å². The molecule has 0 spiro atoms. The maximum atomic E-state index is 3.88. The number of rotatable bonds is 5. The van der Waals surface area contributed by atoms with Gasteiger partial charge < -0.3 is 5.32 Å². The van der Waals surface area contributed by atoms with Crippen molar-refractivity contribution in [2.75, 3.05) is 6.54 Å². The van der Waals surface area contributed by atoms with E-state index in [0.29, 0.717) is 5.54 Å².